The van der Waals surface area contributed by atoms with Gasteiger partial charge < -0.3 is 9.72 Å². The van der Waals surface area contributed by atoms with Gasteiger partial charge in [-0.3, -0.25) is 0 Å². The molecule has 0 amide bonds. The van der Waals surface area contributed by atoms with Gasteiger partial charge in [0.15, 0.2) is 5.82 Å². The topological polar surface area (TPSA) is 55.0 Å². The highest BCUT2D eigenvalue weighted by Crippen LogP contribution is 2.33. The number of hydrogen-bond acceptors (Lipinski definition) is 3. The van der Waals surface area contributed by atoms with Crippen LogP contribution in [0.1, 0.15) is 11.1 Å². The van der Waals surface area contributed by atoms with Crippen LogP contribution in [0, 0.1) is 19.7 Å². The van der Waals surface area contributed by atoms with E-state index in [-0.39, 0.29) is 5.69 Å². The molecule has 2 aromatic rings. The van der Waals surface area contributed by atoms with Crippen LogP contribution in [-0.2, 0) is 0 Å². The van der Waals surface area contributed by atoms with Crippen molar-refractivity contribution >= 4 is 0 Å². The molecule has 0 aliphatic rings. The van der Waals surface area contributed by atoms with Crippen molar-refractivity contribution in [1.29, 1.82) is 0 Å². The number of rotatable bonds is 2. The molecule has 1 aromatic heterocycles. The van der Waals surface area contributed by atoms with Crippen LogP contribution in [-0.4, -0.2) is 17.1 Å². The molecular weight excluding hydrogens is 235 g/mol. The molecule has 0 saturated carbocycles. The van der Waals surface area contributed by atoms with E-state index in [1.165, 1.54) is 7.11 Å². The summed E-state index contributed by atoms with van der Waals surface area (Å²) in [5.41, 5.74) is 1.96. The minimum atomic E-state index is -0.591. The average molecular weight is 248 g/mol. The summed E-state index contributed by atoms with van der Waals surface area (Å²) in [5.74, 6) is -0.0353. The van der Waals surface area contributed by atoms with E-state index in [4.69, 9.17) is 4.74 Å². The lowest BCUT2D eigenvalue weighted by Crippen LogP contribution is -2.12. The van der Waals surface area contributed by atoms with E-state index < -0.39 is 11.5 Å². The standard InChI is InChI=1S/C13H13FN2O2/c1-7-4-5-9(12(18-3)8(7)2)11-10(14)6-15-13(17)16-11/h4-6H,1-3H3,(H,15,16,17). The number of methoxy groups -OCH3 is 1. The first kappa shape index (κ1) is 12.3. The fraction of sp³-hybridized carbons (Fsp3) is 0.231. The zero-order chi connectivity index (χ0) is 13.3. The number of H-pyrrole nitrogens is 1. The molecular formula is C13H13FN2O2. The van der Waals surface area contributed by atoms with Gasteiger partial charge in [-0.25, -0.2) is 9.18 Å². The second kappa shape index (κ2) is 4.60. The van der Waals surface area contributed by atoms with Gasteiger partial charge in [0.05, 0.1) is 19.0 Å². The lowest BCUT2D eigenvalue weighted by atomic mass is 10.0. The van der Waals surface area contributed by atoms with Crippen molar-refractivity contribution in [3.05, 3.63) is 45.8 Å². The van der Waals surface area contributed by atoms with E-state index >= 15 is 0 Å². The Bertz CT molecular complexity index is 650. The summed E-state index contributed by atoms with van der Waals surface area (Å²) in [4.78, 5) is 16.9. The molecule has 5 heteroatoms. The Morgan fingerprint density at radius 1 is 1.33 bits per heavy atom. The van der Waals surface area contributed by atoms with E-state index in [1.54, 1.807) is 6.07 Å². The zero-order valence-corrected chi connectivity index (χ0v) is 10.4. The maximum atomic E-state index is 13.7. The summed E-state index contributed by atoms with van der Waals surface area (Å²) in [6.07, 6.45) is 0.906. The number of ether oxygens (including phenoxy) is 1. The molecule has 0 unspecified atom stereocenters. The summed E-state index contributed by atoms with van der Waals surface area (Å²) in [7, 11) is 1.52. The molecule has 94 valence electrons. The molecule has 0 fully saturated rings. The monoisotopic (exact) mass is 248 g/mol. The second-order valence-electron chi connectivity index (χ2n) is 4.00. The van der Waals surface area contributed by atoms with Crippen LogP contribution in [0.3, 0.4) is 0 Å². The summed E-state index contributed by atoms with van der Waals surface area (Å²) in [6.45, 7) is 3.82. The number of hydrogen-bond donors (Lipinski definition) is 1. The highest BCUT2D eigenvalue weighted by Gasteiger charge is 2.15. The first-order valence-corrected chi connectivity index (χ1v) is 5.44. The van der Waals surface area contributed by atoms with E-state index in [0.29, 0.717) is 11.3 Å². The number of nitrogens with one attached hydrogen (secondary N) is 1. The summed E-state index contributed by atoms with van der Waals surface area (Å²) in [6, 6.07) is 3.57. The van der Waals surface area contributed by atoms with Gasteiger partial charge in [-0.05, 0) is 31.0 Å². The highest BCUT2D eigenvalue weighted by atomic mass is 19.1. The predicted molar refractivity (Wildman–Crippen MR) is 66.3 cm³/mol. The Kier molecular flexibility index (Phi) is 3.14. The maximum absolute atomic E-state index is 13.7. The molecule has 0 atom stereocenters. The Hall–Kier alpha value is -2.17. The maximum Gasteiger partial charge on any atom is 0.345 e. The van der Waals surface area contributed by atoms with Crippen molar-refractivity contribution in [1.82, 2.24) is 9.97 Å². The van der Waals surface area contributed by atoms with Crippen LogP contribution >= 0.6 is 0 Å². The molecule has 1 aromatic carbocycles. The second-order valence-corrected chi connectivity index (χ2v) is 4.00. The van der Waals surface area contributed by atoms with Crippen LogP contribution in [0.25, 0.3) is 11.3 Å². The lowest BCUT2D eigenvalue weighted by Gasteiger charge is -2.13. The fourth-order valence-corrected chi connectivity index (χ4v) is 1.82. The van der Waals surface area contributed by atoms with Crippen LogP contribution in [0.5, 0.6) is 5.75 Å². The van der Waals surface area contributed by atoms with Gasteiger partial charge in [-0.1, -0.05) is 6.07 Å². The van der Waals surface area contributed by atoms with E-state index in [2.05, 4.69) is 9.97 Å². The molecule has 18 heavy (non-hydrogen) atoms. The van der Waals surface area contributed by atoms with Crippen LogP contribution in [0.4, 0.5) is 4.39 Å². The van der Waals surface area contributed by atoms with Crippen molar-refractivity contribution in [2.45, 2.75) is 13.8 Å². The zero-order valence-electron chi connectivity index (χ0n) is 10.4. The molecule has 0 spiro atoms. The minimum absolute atomic E-state index is 0.0925. The molecule has 2 rings (SSSR count). The third-order valence-corrected chi connectivity index (χ3v) is 2.92. The molecule has 0 bridgehead atoms. The SMILES string of the molecule is COc1c(-c2[nH]c(=O)ncc2F)ccc(C)c1C. The smallest absolute Gasteiger partial charge is 0.345 e. The number of benzene rings is 1. The number of halogens is 1. The van der Waals surface area contributed by atoms with Crippen molar-refractivity contribution < 1.29 is 9.13 Å². The first-order valence-electron chi connectivity index (χ1n) is 5.44. The third kappa shape index (κ3) is 1.99. The van der Waals surface area contributed by atoms with Gasteiger partial charge in [0.1, 0.15) is 5.75 Å². The number of aromatic nitrogens is 2. The van der Waals surface area contributed by atoms with Crippen molar-refractivity contribution in [3.8, 4) is 17.0 Å². The van der Waals surface area contributed by atoms with Crippen LogP contribution < -0.4 is 10.4 Å². The van der Waals surface area contributed by atoms with E-state index in [1.807, 2.05) is 19.9 Å². The van der Waals surface area contributed by atoms with Gasteiger partial charge in [0.25, 0.3) is 0 Å². The number of nitrogens with zero attached hydrogens (tertiary/aromatic N) is 1. The summed E-state index contributed by atoms with van der Waals surface area (Å²) >= 11 is 0. The van der Waals surface area contributed by atoms with Crippen molar-refractivity contribution in [2.75, 3.05) is 7.11 Å². The Morgan fingerprint density at radius 2 is 2.06 bits per heavy atom. The molecule has 4 nitrogen and oxygen atoms in total. The van der Waals surface area contributed by atoms with Gasteiger partial charge in [0, 0.05) is 5.56 Å². The first-order chi connectivity index (χ1) is 8.54. The normalized spacial score (nSPS) is 10.4. The lowest BCUT2D eigenvalue weighted by molar-refractivity contribution is 0.412. The van der Waals surface area contributed by atoms with E-state index in [0.717, 1.165) is 17.3 Å². The highest BCUT2D eigenvalue weighted by molar-refractivity contribution is 5.70. The molecule has 0 aliphatic heterocycles. The molecule has 0 aliphatic carbocycles. The minimum Gasteiger partial charge on any atom is -0.496 e. The van der Waals surface area contributed by atoms with Gasteiger partial charge >= 0.3 is 5.69 Å². The largest absolute Gasteiger partial charge is 0.496 e. The van der Waals surface area contributed by atoms with Gasteiger partial charge in [-0.2, -0.15) is 4.98 Å². The number of aromatic amines is 1. The molecule has 0 saturated heterocycles. The summed E-state index contributed by atoms with van der Waals surface area (Å²) in [5, 5.41) is 0. The third-order valence-electron chi connectivity index (χ3n) is 2.92. The Morgan fingerprint density at radius 3 is 2.72 bits per heavy atom. The van der Waals surface area contributed by atoms with Gasteiger partial charge in [0.2, 0.25) is 0 Å². The molecule has 1 heterocycles. The quantitative estimate of drug-likeness (QED) is 0.886. The predicted octanol–water partition coefficient (Wildman–Crippen LogP) is 2.20. The Balaban J connectivity index is 2.75. The number of aryl methyl sites for hydroxylation is 1. The summed E-state index contributed by atoms with van der Waals surface area (Å²) < 4.78 is 19.0. The van der Waals surface area contributed by atoms with Crippen molar-refractivity contribution in [2.24, 2.45) is 0 Å². The fourth-order valence-electron chi connectivity index (χ4n) is 1.82. The average Bonchev–Trinajstić information content (AvgIpc) is 2.35. The van der Waals surface area contributed by atoms with Crippen LogP contribution in [0.15, 0.2) is 23.1 Å². The molecule has 1 N–H and O–H groups in total. The molecule has 0 radical (unpaired) electrons. The van der Waals surface area contributed by atoms with Gasteiger partial charge in [-0.15, -0.1) is 0 Å². The van der Waals surface area contributed by atoms with E-state index in [9.17, 15) is 9.18 Å². The Labute approximate surface area is 103 Å². The van der Waals surface area contributed by atoms with Crippen LogP contribution in [0.2, 0.25) is 0 Å². The van der Waals surface area contributed by atoms with Crippen molar-refractivity contribution in [3.63, 3.8) is 0 Å².